The Hall–Kier alpha value is -1.99. The molecule has 0 aliphatic carbocycles. The van der Waals surface area contributed by atoms with Gasteiger partial charge in [-0.15, -0.1) is 0 Å². The lowest BCUT2D eigenvalue weighted by molar-refractivity contribution is 0.481. The van der Waals surface area contributed by atoms with Crippen molar-refractivity contribution in [3.63, 3.8) is 0 Å². The van der Waals surface area contributed by atoms with Gasteiger partial charge in [-0.25, -0.2) is 0 Å². The van der Waals surface area contributed by atoms with Crippen molar-refractivity contribution in [3.8, 4) is 17.6 Å². The topological polar surface area (TPSA) is 59.0 Å². The monoisotopic (exact) mass is 288 g/mol. The van der Waals surface area contributed by atoms with Crippen molar-refractivity contribution in [1.82, 2.24) is 0 Å². The van der Waals surface area contributed by atoms with Gasteiger partial charge in [0.2, 0.25) is 0 Å². The number of halogens is 1. The highest BCUT2D eigenvalue weighted by molar-refractivity contribution is 9.10. The number of anilines is 1. The molecule has 2 aromatic carbocycles. The highest BCUT2D eigenvalue weighted by Crippen LogP contribution is 2.27. The summed E-state index contributed by atoms with van der Waals surface area (Å²) in [5.41, 5.74) is 6.74. The quantitative estimate of drug-likeness (QED) is 0.858. The minimum absolute atomic E-state index is 0.483. The molecule has 0 saturated heterocycles. The van der Waals surface area contributed by atoms with Crippen LogP contribution in [0.4, 0.5) is 5.69 Å². The van der Waals surface area contributed by atoms with E-state index in [0.29, 0.717) is 22.7 Å². The van der Waals surface area contributed by atoms with E-state index in [1.165, 1.54) is 0 Å². The number of rotatable bonds is 2. The molecule has 0 radical (unpaired) electrons. The van der Waals surface area contributed by atoms with Crippen LogP contribution in [-0.2, 0) is 0 Å². The van der Waals surface area contributed by atoms with Crippen molar-refractivity contribution >= 4 is 21.6 Å². The minimum Gasteiger partial charge on any atom is -0.456 e. The fraction of sp³-hybridized carbons (Fsp3) is 0. The molecule has 3 nitrogen and oxygen atoms in total. The summed E-state index contributed by atoms with van der Waals surface area (Å²) in [6.07, 6.45) is 0. The molecule has 2 N–H and O–H groups in total. The number of nitrogens with two attached hydrogens (primary N) is 1. The highest BCUT2D eigenvalue weighted by atomic mass is 79.9. The molecule has 0 spiro atoms. The van der Waals surface area contributed by atoms with E-state index in [1.54, 1.807) is 36.4 Å². The minimum atomic E-state index is 0.483. The fourth-order valence-electron chi connectivity index (χ4n) is 1.34. The molecule has 0 unspecified atom stereocenters. The zero-order chi connectivity index (χ0) is 12.3. The van der Waals surface area contributed by atoms with Gasteiger partial charge in [0.25, 0.3) is 0 Å². The number of nitrogens with zero attached hydrogens (tertiary/aromatic N) is 1. The second kappa shape index (κ2) is 4.89. The maximum atomic E-state index is 8.99. The Morgan fingerprint density at radius 3 is 2.47 bits per heavy atom. The first-order chi connectivity index (χ1) is 8.19. The van der Waals surface area contributed by atoms with E-state index in [0.717, 1.165) is 4.47 Å². The SMILES string of the molecule is N#Cc1cc(Br)ccc1Oc1ccc(N)cc1. The molecule has 17 heavy (non-hydrogen) atoms. The third-order valence-electron chi connectivity index (χ3n) is 2.17. The summed E-state index contributed by atoms with van der Waals surface area (Å²) in [6, 6.07) is 14.4. The van der Waals surface area contributed by atoms with Gasteiger partial charge < -0.3 is 10.5 Å². The zero-order valence-corrected chi connectivity index (χ0v) is 10.4. The first-order valence-electron chi connectivity index (χ1n) is 4.92. The molecule has 0 amide bonds. The molecule has 0 bridgehead atoms. The highest BCUT2D eigenvalue weighted by Gasteiger charge is 2.05. The summed E-state index contributed by atoms with van der Waals surface area (Å²) < 4.78 is 6.46. The molecular weight excluding hydrogens is 280 g/mol. The van der Waals surface area contributed by atoms with Gasteiger partial charge in [0.05, 0.1) is 5.56 Å². The first-order valence-corrected chi connectivity index (χ1v) is 5.71. The number of hydrogen-bond acceptors (Lipinski definition) is 3. The molecule has 0 fully saturated rings. The lowest BCUT2D eigenvalue weighted by atomic mass is 10.2. The zero-order valence-electron chi connectivity index (χ0n) is 8.85. The van der Waals surface area contributed by atoms with E-state index in [2.05, 4.69) is 22.0 Å². The van der Waals surface area contributed by atoms with E-state index < -0.39 is 0 Å². The Morgan fingerprint density at radius 2 is 1.82 bits per heavy atom. The van der Waals surface area contributed by atoms with Crippen LogP contribution in [0.1, 0.15) is 5.56 Å². The smallest absolute Gasteiger partial charge is 0.145 e. The second-order valence-electron chi connectivity index (χ2n) is 3.42. The Bertz CT molecular complexity index is 573. The van der Waals surface area contributed by atoms with Crippen molar-refractivity contribution in [2.75, 3.05) is 5.73 Å². The maximum Gasteiger partial charge on any atom is 0.145 e. The van der Waals surface area contributed by atoms with Gasteiger partial charge in [0.1, 0.15) is 17.6 Å². The number of ether oxygens (including phenoxy) is 1. The summed E-state index contributed by atoms with van der Waals surface area (Å²) in [6.45, 7) is 0. The van der Waals surface area contributed by atoms with Crippen LogP contribution in [0.5, 0.6) is 11.5 Å². The molecule has 0 heterocycles. The first kappa shape index (κ1) is 11.5. The Kier molecular flexibility index (Phi) is 3.31. The number of hydrogen-bond donors (Lipinski definition) is 1. The molecule has 2 aromatic rings. The molecule has 0 aromatic heterocycles. The number of nitrogen functional groups attached to an aromatic ring is 1. The van der Waals surface area contributed by atoms with Gasteiger partial charge in [-0.05, 0) is 42.5 Å². The summed E-state index contributed by atoms with van der Waals surface area (Å²) in [5.74, 6) is 1.18. The second-order valence-corrected chi connectivity index (χ2v) is 4.34. The van der Waals surface area contributed by atoms with Gasteiger partial charge in [0, 0.05) is 10.2 Å². The van der Waals surface area contributed by atoms with Gasteiger partial charge in [-0.3, -0.25) is 0 Å². The molecule has 0 atom stereocenters. The maximum absolute atomic E-state index is 8.99. The van der Waals surface area contributed by atoms with Gasteiger partial charge >= 0.3 is 0 Å². The molecule has 0 aliphatic rings. The van der Waals surface area contributed by atoms with Gasteiger partial charge in [-0.1, -0.05) is 15.9 Å². The van der Waals surface area contributed by atoms with E-state index in [9.17, 15) is 0 Å². The Balaban J connectivity index is 2.30. The summed E-state index contributed by atoms with van der Waals surface area (Å²) in [7, 11) is 0. The predicted molar refractivity (Wildman–Crippen MR) is 69.8 cm³/mol. The Morgan fingerprint density at radius 1 is 1.12 bits per heavy atom. The van der Waals surface area contributed by atoms with Crippen LogP contribution in [-0.4, -0.2) is 0 Å². The van der Waals surface area contributed by atoms with E-state index in [4.69, 9.17) is 15.7 Å². The standard InChI is InChI=1S/C13H9BrN2O/c14-10-1-6-13(9(7-10)8-15)17-12-4-2-11(16)3-5-12/h1-7H,16H2. The van der Waals surface area contributed by atoms with Gasteiger partial charge in [-0.2, -0.15) is 5.26 Å². The van der Waals surface area contributed by atoms with Crippen molar-refractivity contribution in [1.29, 1.82) is 5.26 Å². The molecule has 0 saturated carbocycles. The summed E-state index contributed by atoms with van der Waals surface area (Å²) in [5, 5.41) is 8.99. The molecule has 84 valence electrons. The Labute approximate surface area is 108 Å². The molecule has 0 aliphatic heterocycles. The van der Waals surface area contributed by atoms with Crippen LogP contribution >= 0.6 is 15.9 Å². The van der Waals surface area contributed by atoms with E-state index in [1.807, 2.05) is 6.07 Å². The van der Waals surface area contributed by atoms with Crippen LogP contribution in [0.15, 0.2) is 46.9 Å². The molecule has 4 heteroatoms. The lowest BCUT2D eigenvalue weighted by Crippen LogP contribution is -1.89. The normalized spacial score (nSPS) is 9.65. The predicted octanol–water partition coefficient (Wildman–Crippen LogP) is 3.70. The van der Waals surface area contributed by atoms with Crippen LogP contribution < -0.4 is 10.5 Å². The number of nitriles is 1. The van der Waals surface area contributed by atoms with Crippen LogP contribution in [0.25, 0.3) is 0 Å². The summed E-state index contributed by atoms with van der Waals surface area (Å²) in [4.78, 5) is 0. The number of benzene rings is 2. The third-order valence-corrected chi connectivity index (χ3v) is 2.66. The van der Waals surface area contributed by atoms with Gasteiger partial charge in [0.15, 0.2) is 0 Å². The molecule has 2 rings (SSSR count). The van der Waals surface area contributed by atoms with Crippen LogP contribution in [0, 0.1) is 11.3 Å². The molecular formula is C13H9BrN2O. The average Bonchev–Trinajstić information content (AvgIpc) is 2.34. The fourth-order valence-corrected chi connectivity index (χ4v) is 1.70. The van der Waals surface area contributed by atoms with Crippen molar-refractivity contribution in [2.45, 2.75) is 0 Å². The van der Waals surface area contributed by atoms with Crippen molar-refractivity contribution in [3.05, 3.63) is 52.5 Å². The van der Waals surface area contributed by atoms with Crippen molar-refractivity contribution in [2.24, 2.45) is 0 Å². The van der Waals surface area contributed by atoms with Crippen LogP contribution in [0.2, 0.25) is 0 Å². The van der Waals surface area contributed by atoms with E-state index >= 15 is 0 Å². The van der Waals surface area contributed by atoms with Crippen LogP contribution in [0.3, 0.4) is 0 Å². The average molecular weight is 289 g/mol. The van der Waals surface area contributed by atoms with Crippen molar-refractivity contribution < 1.29 is 4.74 Å². The third kappa shape index (κ3) is 2.77. The largest absolute Gasteiger partial charge is 0.456 e. The summed E-state index contributed by atoms with van der Waals surface area (Å²) >= 11 is 3.31. The lowest BCUT2D eigenvalue weighted by Gasteiger charge is -2.07. The van der Waals surface area contributed by atoms with E-state index in [-0.39, 0.29) is 0 Å².